The number of carboxylic acid groups (broad SMARTS) is 1. The Kier molecular flexibility index (Phi) is 5.35. The molecule has 2 rings (SSSR count). The fourth-order valence-electron chi connectivity index (χ4n) is 2.65. The molecule has 1 heterocycles. The molecule has 1 unspecified atom stereocenters. The van der Waals surface area contributed by atoms with Crippen LogP contribution in [0.4, 0.5) is 4.79 Å². The molecule has 0 aliphatic rings. The van der Waals surface area contributed by atoms with Crippen LogP contribution in [0.5, 0.6) is 0 Å². The number of hydrogen-bond donors (Lipinski definition) is 2. The molecule has 0 saturated carbocycles. The van der Waals surface area contributed by atoms with Gasteiger partial charge in [0, 0.05) is 12.5 Å². The number of ether oxygens (including phenoxy) is 1. The normalized spacial score (nSPS) is 13.0. The Labute approximate surface area is 147 Å². The van der Waals surface area contributed by atoms with Gasteiger partial charge < -0.3 is 19.7 Å². The number of carbonyl (C=O) groups is 2. The van der Waals surface area contributed by atoms with Gasteiger partial charge in [0.25, 0.3) is 0 Å². The highest BCUT2D eigenvalue weighted by Crippen LogP contribution is 2.22. The molecule has 136 valence electrons. The van der Waals surface area contributed by atoms with E-state index in [9.17, 15) is 14.7 Å². The van der Waals surface area contributed by atoms with Gasteiger partial charge in [-0.3, -0.25) is 0 Å². The van der Waals surface area contributed by atoms with Crippen LogP contribution >= 0.6 is 0 Å². The van der Waals surface area contributed by atoms with Gasteiger partial charge in [-0.05, 0) is 46.8 Å². The SMILES string of the molecule is CC(C)n1c(CC(NC(=O)OC(C)(C)C)C(=O)O)nc2ccccc21. The summed E-state index contributed by atoms with van der Waals surface area (Å²) in [5, 5.41) is 11.9. The first-order valence-electron chi connectivity index (χ1n) is 8.26. The molecule has 1 aromatic carbocycles. The Balaban J connectivity index is 2.28. The summed E-state index contributed by atoms with van der Waals surface area (Å²) in [6.07, 6.45) is -0.686. The van der Waals surface area contributed by atoms with E-state index in [0.717, 1.165) is 11.0 Å². The molecule has 1 aromatic heterocycles. The minimum absolute atomic E-state index is 0.0709. The highest BCUT2D eigenvalue weighted by Gasteiger charge is 2.26. The molecule has 25 heavy (non-hydrogen) atoms. The number of carbonyl (C=O) groups excluding carboxylic acids is 1. The number of alkyl carbamates (subject to hydrolysis) is 1. The molecule has 0 fully saturated rings. The summed E-state index contributed by atoms with van der Waals surface area (Å²) >= 11 is 0. The van der Waals surface area contributed by atoms with Gasteiger partial charge in [-0.1, -0.05) is 12.1 Å². The van der Waals surface area contributed by atoms with Crippen molar-refractivity contribution in [3.63, 3.8) is 0 Å². The zero-order valence-electron chi connectivity index (χ0n) is 15.2. The van der Waals surface area contributed by atoms with E-state index in [1.807, 2.05) is 42.7 Å². The van der Waals surface area contributed by atoms with E-state index >= 15 is 0 Å². The van der Waals surface area contributed by atoms with E-state index in [1.165, 1.54) is 0 Å². The van der Waals surface area contributed by atoms with E-state index in [-0.39, 0.29) is 12.5 Å². The summed E-state index contributed by atoms with van der Waals surface area (Å²) in [7, 11) is 0. The van der Waals surface area contributed by atoms with Crippen LogP contribution in [-0.2, 0) is 16.0 Å². The maximum absolute atomic E-state index is 11.9. The van der Waals surface area contributed by atoms with Gasteiger partial charge >= 0.3 is 12.1 Å². The number of fused-ring (bicyclic) bond motifs is 1. The van der Waals surface area contributed by atoms with Gasteiger partial charge in [0.15, 0.2) is 0 Å². The molecule has 0 aliphatic heterocycles. The number of imidazole rings is 1. The van der Waals surface area contributed by atoms with Crippen molar-refractivity contribution in [3.05, 3.63) is 30.1 Å². The van der Waals surface area contributed by atoms with Crippen LogP contribution in [0.2, 0.25) is 0 Å². The van der Waals surface area contributed by atoms with Crippen LogP contribution < -0.4 is 5.32 Å². The third-order valence-electron chi connectivity index (χ3n) is 3.56. The van der Waals surface area contributed by atoms with Gasteiger partial charge in [-0.15, -0.1) is 0 Å². The summed E-state index contributed by atoms with van der Waals surface area (Å²) in [6, 6.07) is 6.62. The molecule has 7 nitrogen and oxygen atoms in total. The largest absolute Gasteiger partial charge is 0.480 e. The number of benzene rings is 1. The van der Waals surface area contributed by atoms with Crippen molar-refractivity contribution in [2.45, 2.75) is 58.7 Å². The number of nitrogens with zero attached hydrogens (tertiary/aromatic N) is 2. The van der Waals surface area contributed by atoms with Crippen LogP contribution in [0.15, 0.2) is 24.3 Å². The molecular formula is C18H25N3O4. The number of nitrogens with one attached hydrogen (secondary N) is 1. The monoisotopic (exact) mass is 347 g/mol. The summed E-state index contributed by atoms with van der Waals surface area (Å²) in [5.74, 6) is -0.520. The lowest BCUT2D eigenvalue weighted by molar-refractivity contribution is -0.139. The van der Waals surface area contributed by atoms with Gasteiger partial charge in [0.05, 0.1) is 11.0 Å². The van der Waals surface area contributed by atoms with E-state index in [1.54, 1.807) is 20.8 Å². The lowest BCUT2D eigenvalue weighted by atomic mass is 10.2. The van der Waals surface area contributed by atoms with Crippen LogP contribution in [0, 0.1) is 0 Å². The van der Waals surface area contributed by atoms with Crippen molar-refractivity contribution in [1.82, 2.24) is 14.9 Å². The topological polar surface area (TPSA) is 93.5 Å². The fourth-order valence-corrected chi connectivity index (χ4v) is 2.65. The zero-order chi connectivity index (χ0) is 18.8. The third kappa shape index (κ3) is 4.71. The molecule has 0 saturated heterocycles. The van der Waals surface area contributed by atoms with Crippen LogP contribution in [-0.4, -0.2) is 38.4 Å². The minimum Gasteiger partial charge on any atom is -0.480 e. The Bertz CT molecular complexity index is 774. The van der Waals surface area contributed by atoms with E-state index in [4.69, 9.17) is 4.74 Å². The lowest BCUT2D eigenvalue weighted by Gasteiger charge is -2.22. The number of aromatic nitrogens is 2. The number of hydrogen-bond acceptors (Lipinski definition) is 4. The predicted molar refractivity (Wildman–Crippen MR) is 94.6 cm³/mol. The highest BCUT2D eigenvalue weighted by atomic mass is 16.6. The Hall–Kier alpha value is -2.57. The lowest BCUT2D eigenvalue weighted by Crippen LogP contribution is -2.45. The molecule has 0 bridgehead atoms. The van der Waals surface area contributed by atoms with Crippen molar-refractivity contribution in [2.24, 2.45) is 0 Å². The average Bonchev–Trinajstić information content (AvgIpc) is 2.82. The van der Waals surface area contributed by atoms with E-state index in [2.05, 4.69) is 10.3 Å². The molecule has 1 amide bonds. The number of rotatable bonds is 5. The molecular weight excluding hydrogens is 322 g/mol. The molecule has 0 spiro atoms. The van der Waals surface area contributed by atoms with Gasteiger partial charge in [0.2, 0.25) is 0 Å². The fraction of sp³-hybridized carbons (Fsp3) is 0.500. The third-order valence-corrected chi connectivity index (χ3v) is 3.56. The second-order valence-corrected chi connectivity index (χ2v) is 7.22. The smallest absolute Gasteiger partial charge is 0.408 e. The molecule has 0 aliphatic carbocycles. The predicted octanol–water partition coefficient (Wildman–Crippen LogP) is 3.14. The summed E-state index contributed by atoms with van der Waals surface area (Å²) < 4.78 is 7.14. The standard InChI is InChI=1S/C18H25N3O4/c1-11(2)21-14-9-7-6-8-12(14)19-15(21)10-13(16(22)23)20-17(24)25-18(3,4)5/h6-9,11,13H,10H2,1-5H3,(H,20,24)(H,22,23). The number of carboxylic acids is 1. The summed E-state index contributed by atoms with van der Waals surface area (Å²) in [6.45, 7) is 9.19. The molecule has 2 N–H and O–H groups in total. The Morgan fingerprint density at radius 3 is 2.48 bits per heavy atom. The molecule has 1 atom stereocenters. The summed E-state index contributed by atoms with van der Waals surface area (Å²) in [4.78, 5) is 28.1. The van der Waals surface area contributed by atoms with Crippen molar-refractivity contribution < 1.29 is 19.4 Å². The first-order valence-corrected chi connectivity index (χ1v) is 8.26. The second kappa shape index (κ2) is 7.13. The summed E-state index contributed by atoms with van der Waals surface area (Å²) in [5.41, 5.74) is 1.04. The highest BCUT2D eigenvalue weighted by molar-refractivity contribution is 5.81. The maximum Gasteiger partial charge on any atom is 0.408 e. The zero-order valence-corrected chi connectivity index (χ0v) is 15.2. The second-order valence-electron chi connectivity index (χ2n) is 7.22. The van der Waals surface area contributed by atoms with E-state index < -0.39 is 23.7 Å². The molecule has 0 radical (unpaired) electrons. The van der Waals surface area contributed by atoms with Crippen molar-refractivity contribution in [1.29, 1.82) is 0 Å². The Morgan fingerprint density at radius 2 is 1.92 bits per heavy atom. The van der Waals surface area contributed by atoms with Crippen LogP contribution in [0.25, 0.3) is 11.0 Å². The Morgan fingerprint density at radius 1 is 1.28 bits per heavy atom. The first-order chi connectivity index (χ1) is 11.6. The minimum atomic E-state index is -1.13. The molecule has 2 aromatic rings. The van der Waals surface area contributed by atoms with Crippen LogP contribution in [0.3, 0.4) is 0 Å². The first kappa shape index (κ1) is 18.8. The van der Waals surface area contributed by atoms with Gasteiger partial charge in [-0.25, -0.2) is 14.6 Å². The van der Waals surface area contributed by atoms with Crippen molar-refractivity contribution in [2.75, 3.05) is 0 Å². The van der Waals surface area contributed by atoms with Gasteiger partial charge in [0.1, 0.15) is 17.5 Å². The van der Waals surface area contributed by atoms with Gasteiger partial charge in [-0.2, -0.15) is 0 Å². The van der Waals surface area contributed by atoms with Crippen molar-refractivity contribution >= 4 is 23.1 Å². The maximum atomic E-state index is 11.9. The number of para-hydroxylation sites is 2. The van der Waals surface area contributed by atoms with Crippen LogP contribution in [0.1, 0.15) is 46.5 Å². The number of aliphatic carboxylic acids is 1. The molecule has 7 heteroatoms. The number of amides is 1. The van der Waals surface area contributed by atoms with E-state index in [0.29, 0.717) is 5.82 Å². The quantitative estimate of drug-likeness (QED) is 0.866. The average molecular weight is 347 g/mol. The van der Waals surface area contributed by atoms with Crippen molar-refractivity contribution in [3.8, 4) is 0 Å².